The normalized spacial score (nSPS) is 37.7. The van der Waals surface area contributed by atoms with E-state index in [0.717, 1.165) is 30.0 Å². The highest BCUT2D eigenvalue weighted by Crippen LogP contribution is 2.55. The molecule has 2 nitrogen and oxygen atoms in total. The summed E-state index contributed by atoms with van der Waals surface area (Å²) in [7, 11) is 0. The van der Waals surface area contributed by atoms with Crippen molar-refractivity contribution in [3.63, 3.8) is 0 Å². The molecular formula is C17H32N2. The maximum Gasteiger partial charge on any atom is 0.0155 e. The van der Waals surface area contributed by atoms with E-state index in [0.29, 0.717) is 0 Å². The van der Waals surface area contributed by atoms with Gasteiger partial charge in [-0.05, 0) is 62.9 Å². The Morgan fingerprint density at radius 3 is 2.37 bits per heavy atom. The van der Waals surface area contributed by atoms with Gasteiger partial charge in [0.1, 0.15) is 0 Å². The van der Waals surface area contributed by atoms with Crippen molar-refractivity contribution >= 4 is 0 Å². The van der Waals surface area contributed by atoms with Crippen molar-refractivity contribution in [2.24, 2.45) is 17.1 Å². The molecule has 0 aliphatic heterocycles. The standard InChI is InChI=1S/C17H32N2/c1-2-19(15-8-6-7-14(15)13-18)16-9-12-17(16)10-4-3-5-11-17/h14-16H,2-13,18H2,1H3. The molecule has 3 aliphatic rings. The lowest BCUT2D eigenvalue weighted by Gasteiger charge is -2.58. The summed E-state index contributed by atoms with van der Waals surface area (Å²) in [5.41, 5.74) is 6.74. The van der Waals surface area contributed by atoms with Crippen LogP contribution in [-0.2, 0) is 0 Å². The zero-order valence-electron chi connectivity index (χ0n) is 12.7. The Kier molecular flexibility index (Phi) is 4.19. The van der Waals surface area contributed by atoms with Gasteiger partial charge < -0.3 is 5.73 Å². The van der Waals surface area contributed by atoms with Gasteiger partial charge in [-0.3, -0.25) is 4.90 Å². The van der Waals surface area contributed by atoms with Crippen LogP contribution in [-0.4, -0.2) is 30.1 Å². The summed E-state index contributed by atoms with van der Waals surface area (Å²) in [5.74, 6) is 0.779. The van der Waals surface area contributed by atoms with E-state index in [9.17, 15) is 0 Å². The Bertz CT molecular complexity index is 296. The number of hydrogen-bond donors (Lipinski definition) is 1. The lowest BCUT2D eigenvalue weighted by molar-refractivity contribution is -0.0740. The Morgan fingerprint density at radius 2 is 1.79 bits per heavy atom. The quantitative estimate of drug-likeness (QED) is 0.841. The predicted octanol–water partition coefficient (Wildman–Crippen LogP) is 3.55. The molecular weight excluding hydrogens is 232 g/mol. The van der Waals surface area contributed by atoms with Crippen molar-refractivity contribution in [2.45, 2.75) is 83.2 Å². The monoisotopic (exact) mass is 264 g/mol. The van der Waals surface area contributed by atoms with Crippen molar-refractivity contribution in [3.8, 4) is 0 Å². The predicted molar refractivity (Wildman–Crippen MR) is 81.1 cm³/mol. The first-order chi connectivity index (χ1) is 9.30. The van der Waals surface area contributed by atoms with Gasteiger partial charge in [-0.15, -0.1) is 0 Å². The van der Waals surface area contributed by atoms with E-state index in [-0.39, 0.29) is 0 Å². The number of nitrogens with two attached hydrogens (primary N) is 1. The van der Waals surface area contributed by atoms with Crippen molar-refractivity contribution < 1.29 is 0 Å². The fourth-order valence-corrected chi connectivity index (χ4v) is 5.45. The van der Waals surface area contributed by atoms with Gasteiger partial charge in [0.2, 0.25) is 0 Å². The molecule has 3 rings (SSSR count). The molecule has 2 heteroatoms. The molecule has 3 fully saturated rings. The van der Waals surface area contributed by atoms with Gasteiger partial charge in [-0.1, -0.05) is 32.6 Å². The summed E-state index contributed by atoms with van der Waals surface area (Å²) in [5, 5.41) is 0. The van der Waals surface area contributed by atoms with Crippen LogP contribution in [0.2, 0.25) is 0 Å². The van der Waals surface area contributed by atoms with Gasteiger partial charge in [0.05, 0.1) is 0 Å². The Balaban J connectivity index is 1.71. The molecule has 110 valence electrons. The second kappa shape index (κ2) is 5.73. The summed E-state index contributed by atoms with van der Waals surface area (Å²) < 4.78 is 0. The molecule has 0 aromatic rings. The zero-order valence-corrected chi connectivity index (χ0v) is 12.7. The van der Waals surface area contributed by atoms with Gasteiger partial charge in [-0.2, -0.15) is 0 Å². The molecule has 0 radical (unpaired) electrons. The topological polar surface area (TPSA) is 29.3 Å². The van der Waals surface area contributed by atoms with Gasteiger partial charge >= 0.3 is 0 Å². The average Bonchev–Trinajstić information content (AvgIpc) is 2.92. The van der Waals surface area contributed by atoms with Crippen LogP contribution in [0, 0.1) is 11.3 Å². The molecule has 3 unspecified atom stereocenters. The lowest BCUT2D eigenvalue weighted by Crippen LogP contribution is -2.59. The minimum Gasteiger partial charge on any atom is -0.330 e. The number of nitrogens with zero attached hydrogens (tertiary/aromatic N) is 1. The molecule has 2 N–H and O–H groups in total. The molecule has 3 saturated carbocycles. The fraction of sp³-hybridized carbons (Fsp3) is 1.00. The smallest absolute Gasteiger partial charge is 0.0155 e. The lowest BCUT2D eigenvalue weighted by atomic mass is 9.56. The average molecular weight is 264 g/mol. The molecule has 0 saturated heterocycles. The van der Waals surface area contributed by atoms with Crippen LogP contribution in [0.4, 0.5) is 0 Å². The summed E-state index contributed by atoms with van der Waals surface area (Å²) in [6.07, 6.45) is 14.6. The third-order valence-electron chi connectivity index (χ3n) is 6.59. The molecule has 19 heavy (non-hydrogen) atoms. The maximum atomic E-state index is 6.02. The Morgan fingerprint density at radius 1 is 1.00 bits per heavy atom. The fourth-order valence-electron chi connectivity index (χ4n) is 5.45. The van der Waals surface area contributed by atoms with Crippen LogP contribution in [0.1, 0.15) is 71.1 Å². The first-order valence-corrected chi connectivity index (χ1v) is 8.76. The van der Waals surface area contributed by atoms with Gasteiger partial charge in [0.15, 0.2) is 0 Å². The van der Waals surface area contributed by atoms with E-state index >= 15 is 0 Å². The van der Waals surface area contributed by atoms with E-state index in [1.165, 1.54) is 70.8 Å². The van der Waals surface area contributed by atoms with E-state index in [1.54, 1.807) is 0 Å². The number of hydrogen-bond acceptors (Lipinski definition) is 2. The summed E-state index contributed by atoms with van der Waals surface area (Å²) >= 11 is 0. The van der Waals surface area contributed by atoms with Crippen LogP contribution < -0.4 is 5.73 Å². The van der Waals surface area contributed by atoms with Crippen molar-refractivity contribution in [1.29, 1.82) is 0 Å². The van der Waals surface area contributed by atoms with Crippen LogP contribution in [0.25, 0.3) is 0 Å². The van der Waals surface area contributed by atoms with Gasteiger partial charge in [0.25, 0.3) is 0 Å². The molecule has 0 aromatic heterocycles. The summed E-state index contributed by atoms with van der Waals surface area (Å²) in [4.78, 5) is 2.89. The second-order valence-electron chi connectivity index (χ2n) is 7.30. The third-order valence-corrected chi connectivity index (χ3v) is 6.59. The summed E-state index contributed by atoms with van der Waals surface area (Å²) in [6.45, 7) is 4.52. The van der Waals surface area contributed by atoms with E-state index in [2.05, 4.69) is 11.8 Å². The molecule has 0 aromatic carbocycles. The van der Waals surface area contributed by atoms with E-state index in [1.807, 2.05) is 0 Å². The molecule has 0 heterocycles. The highest BCUT2D eigenvalue weighted by atomic mass is 15.2. The maximum absolute atomic E-state index is 6.02. The Labute approximate surface area is 119 Å². The SMILES string of the molecule is CCN(C1CCCC1CN)C1CCC12CCCCC2. The molecule has 0 bridgehead atoms. The van der Waals surface area contributed by atoms with E-state index < -0.39 is 0 Å². The van der Waals surface area contributed by atoms with Crippen molar-refractivity contribution in [1.82, 2.24) is 4.90 Å². The molecule has 3 atom stereocenters. The largest absolute Gasteiger partial charge is 0.330 e. The molecule has 3 aliphatic carbocycles. The van der Waals surface area contributed by atoms with Gasteiger partial charge in [-0.25, -0.2) is 0 Å². The van der Waals surface area contributed by atoms with Crippen LogP contribution in [0.5, 0.6) is 0 Å². The highest BCUT2D eigenvalue weighted by molar-refractivity contribution is 5.05. The highest BCUT2D eigenvalue weighted by Gasteiger charge is 2.51. The number of rotatable bonds is 4. The van der Waals surface area contributed by atoms with Crippen LogP contribution in [0.3, 0.4) is 0 Å². The van der Waals surface area contributed by atoms with Crippen molar-refractivity contribution in [3.05, 3.63) is 0 Å². The van der Waals surface area contributed by atoms with Crippen LogP contribution >= 0.6 is 0 Å². The van der Waals surface area contributed by atoms with Crippen LogP contribution in [0.15, 0.2) is 0 Å². The first-order valence-electron chi connectivity index (χ1n) is 8.76. The first kappa shape index (κ1) is 13.9. The molecule has 1 spiro atoms. The minimum atomic E-state index is 0.718. The van der Waals surface area contributed by atoms with E-state index in [4.69, 9.17) is 5.73 Å². The second-order valence-corrected chi connectivity index (χ2v) is 7.30. The third kappa shape index (κ3) is 2.35. The van der Waals surface area contributed by atoms with Gasteiger partial charge in [0, 0.05) is 12.1 Å². The minimum absolute atomic E-state index is 0.718. The molecule has 0 amide bonds. The zero-order chi connectivity index (χ0) is 13.3. The summed E-state index contributed by atoms with van der Waals surface area (Å²) in [6, 6.07) is 1.70. The Hall–Kier alpha value is -0.0800. The van der Waals surface area contributed by atoms with Crippen molar-refractivity contribution in [2.75, 3.05) is 13.1 Å².